The van der Waals surface area contributed by atoms with Crippen LogP contribution in [0.25, 0.3) is 21.0 Å². The summed E-state index contributed by atoms with van der Waals surface area (Å²) in [5.74, 6) is -0.453. The summed E-state index contributed by atoms with van der Waals surface area (Å²) in [6.45, 7) is 2.19. The average molecular weight is 379 g/mol. The van der Waals surface area contributed by atoms with Gasteiger partial charge in [0.2, 0.25) is 4.80 Å². The SMILES string of the molecule is CCn1nc(C(=O)NN=c2sc3ccccc3n2C)c2ccccc2c1=O. The average Bonchev–Trinajstić information content (AvgIpc) is 3.03. The molecule has 0 saturated heterocycles. The van der Waals surface area contributed by atoms with E-state index in [2.05, 4.69) is 15.6 Å². The Morgan fingerprint density at radius 2 is 1.85 bits per heavy atom. The first-order valence-corrected chi connectivity index (χ1v) is 9.30. The van der Waals surface area contributed by atoms with Gasteiger partial charge in [0, 0.05) is 19.0 Å². The van der Waals surface area contributed by atoms with Crippen molar-refractivity contribution in [3.8, 4) is 0 Å². The van der Waals surface area contributed by atoms with Crippen molar-refractivity contribution < 1.29 is 4.79 Å². The predicted octanol–water partition coefficient (Wildman–Crippen LogP) is 2.22. The molecule has 0 aliphatic rings. The fourth-order valence-electron chi connectivity index (χ4n) is 2.96. The van der Waals surface area contributed by atoms with Crippen LogP contribution >= 0.6 is 11.3 Å². The van der Waals surface area contributed by atoms with Gasteiger partial charge in [0.15, 0.2) is 5.69 Å². The minimum Gasteiger partial charge on any atom is -0.318 e. The minimum absolute atomic E-state index is 0.180. The maximum atomic E-state index is 12.8. The van der Waals surface area contributed by atoms with E-state index in [0.717, 1.165) is 10.2 Å². The summed E-state index contributed by atoms with van der Waals surface area (Å²) in [7, 11) is 1.90. The van der Waals surface area contributed by atoms with E-state index in [0.29, 0.717) is 22.1 Å². The fraction of sp³-hybridized carbons (Fsp3) is 0.158. The molecule has 0 fully saturated rings. The van der Waals surface area contributed by atoms with Crippen LogP contribution in [-0.4, -0.2) is 20.3 Å². The zero-order valence-electron chi connectivity index (χ0n) is 14.8. The number of fused-ring (bicyclic) bond motifs is 2. The molecule has 0 spiro atoms. The standard InChI is InChI=1S/C19H17N5O2S/c1-3-24-18(26)13-9-5-4-8-12(13)16(22-24)17(25)20-21-19-23(2)14-10-6-7-11-15(14)27-19/h4-11H,3H2,1-2H3,(H,20,25). The van der Waals surface area contributed by atoms with Crippen LogP contribution in [-0.2, 0) is 13.6 Å². The van der Waals surface area contributed by atoms with Gasteiger partial charge in [0.1, 0.15) is 0 Å². The lowest BCUT2D eigenvalue weighted by Crippen LogP contribution is -2.29. The first kappa shape index (κ1) is 17.2. The number of carbonyl (C=O) groups excluding carboxylic acids is 1. The van der Waals surface area contributed by atoms with Gasteiger partial charge in [0.25, 0.3) is 11.5 Å². The number of nitrogens with one attached hydrogen (secondary N) is 1. The molecule has 0 saturated carbocycles. The number of hydrogen-bond acceptors (Lipinski definition) is 5. The second-order valence-electron chi connectivity index (χ2n) is 5.98. The zero-order valence-corrected chi connectivity index (χ0v) is 15.7. The van der Waals surface area contributed by atoms with Crippen LogP contribution in [0.2, 0.25) is 0 Å². The topological polar surface area (TPSA) is 81.3 Å². The largest absolute Gasteiger partial charge is 0.318 e. The van der Waals surface area contributed by atoms with Gasteiger partial charge in [-0.3, -0.25) is 9.59 Å². The van der Waals surface area contributed by atoms with Crippen molar-refractivity contribution in [3.63, 3.8) is 0 Å². The van der Waals surface area contributed by atoms with Crippen molar-refractivity contribution in [1.82, 2.24) is 19.8 Å². The number of nitrogens with zero attached hydrogens (tertiary/aromatic N) is 4. The third-order valence-corrected chi connectivity index (χ3v) is 5.46. The fourth-order valence-corrected chi connectivity index (χ4v) is 3.94. The summed E-state index contributed by atoms with van der Waals surface area (Å²) >= 11 is 1.48. The van der Waals surface area contributed by atoms with Crippen molar-refractivity contribution in [2.24, 2.45) is 12.1 Å². The number of amides is 1. The van der Waals surface area contributed by atoms with Crippen LogP contribution in [0.5, 0.6) is 0 Å². The lowest BCUT2D eigenvalue weighted by Gasteiger charge is -2.08. The molecule has 7 nitrogen and oxygen atoms in total. The van der Waals surface area contributed by atoms with Gasteiger partial charge in [-0.15, -0.1) is 5.10 Å². The molecular weight excluding hydrogens is 362 g/mol. The number of hydrogen-bond donors (Lipinski definition) is 1. The van der Waals surface area contributed by atoms with E-state index >= 15 is 0 Å². The Morgan fingerprint density at radius 1 is 1.15 bits per heavy atom. The minimum atomic E-state index is -0.453. The highest BCUT2D eigenvalue weighted by Crippen LogP contribution is 2.15. The molecule has 4 rings (SSSR count). The van der Waals surface area contributed by atoms with Gasteiger partial charge in [-0.2, -0.15) is 5.10 Å². The van der Waals surface area contributed by atoms with Crippen LogP contribution in [0.3, 0.4) is 0 Å². The van der Waals surface area contributed by atoms with Crippen LogP contribution < -0.4 is 15.8 Å². The summed E-state index contributed by atoms with van der Waals surface area (Å²) in [6.07, 6.45) is 0. The maximum Gasteiger partial charge on any atom is 0.292 e. The Hall–Kier alpha value is -3.26. The molecule has 0 aliphatic carbocycles. The molecule has 0 radical (unpaired) electrons. The summed E-state index contributed by atoms with van der Waals surface area (Å²) in [6, 6.07) is 14.9. The van der Waals surface area contributed by atoms with Gasteiger partial charge in [0.05, 0.1) is 15.6 Å². The summed E-state index contributed by atoms with van der Waals surface area (Å²) in [5, 5.41) is 9.46. The molecule has 0 unspecified atom stereocenters. The van der Waals surface area contributed by atoms with Gasteiger partial charge < -0.3 is 4.57 Å². The van der Waals surface area contributed by atoms with E-state index in [1.807, 2.05) is 42.8 Å². The molecule has 2 heterocycles. The number of thiazole rings is 1. The van der Waals surface area contributed by atoms with Gasteiger partial charge in [-0.25, -0.2) is 10.1 Å². The Bertz CT molecular complexity index is 1300. The number of rotatable bonds is 3. The third kappa shape index (κ3) is 2.93. The number of benzene rings is 2. The molecule has 1 N–H and O–H groups in total. The highest BCUT2D eigenvalue weighted by molar-refractivity contribution is 7.16. The molecule has 2 aromatic heterocycles. The third-order valence-electron chi connectivity index (χ3n) is 4.35. The first-order valence-electron chi connectivity index (χ1n) is 8.48. The van der Waals surface area contributed by atoms with E-state index in [1.165, 1.54) is 16.0 Å². The van der Waals surface area contributed by atoms with Crippen LogP contribution in [0.4, 0.5) is 0 Å². The van der Waals surface area contributed by atoms with Crippen molar-refractivity contribution in [1.29, 1.82) is 0 Å². The molecule has 136 valence electrons. The molecular formula is C19H17N5O2S. The van der Waals surface area contributed by atoms with Crippen molar-refractivity contribution in [2.75, 3.05) is 0 Å². The number of para-hydroxylation sites is 1. The molecule has 0 atom stereocenters. The number of carbonyl (C=O) groups is 1. The molecule has 4 aromatic rings. The lowest BCUT2D eigenvalue weighted by atomic mass is 10.1. The molecule has 8 heteroatoms. The molecule has 27 heavy (non-hydrogen) atoms. The van der Waals surface area contributed by atoms with E-state index in [1.54, 1.807) is 24.3 Å². The summed E-state index contributed by atoms with van der Waals surface area (Å²) in [4.78, 5) is 25.8. The molecule has 1 amide bonds. The van der Waals surface area contributed by atoms with E-state index in [-0.39, 0.29) is 11.3 Å². The predicted molar refractivity (Wildman–Crippen MR) is 106 cm³/mol. The van der Waals surface area contributed by atoms with Crippen molar-refractivity contribution in [3.05, 3.63) is 69.4 Å². The van der Waals surface area contributed by atoms with Crippen molar-refractivity contribution in [2.45, 2.75) is 13.5 Å². The Morgan fingerprint density at radius 3 is 2.59 bits per heavy atom. The highest BCUT2D eigenvalue weighted by Gasteiger charge is 2.16. The number of aromatic nitrogens is 3. The second-order valence-corrected chi connectivity index (χ2v) is 6.99. The van der Waals surface area contributed by atoms with E-state index in [9.17, 15) is 9.59 Å². The monoisotopic (exact) mass is 379 g/mol. The highest BCUT2D eigenvalue weighted by atomic mass is 32.1. The molecule has 0 bridgehead atoms. The summed E-state index contributed by atoms with van der Waals surface area (Å²) in [5.41, 5.74) is 3.59. The van der Waals surface area contributed by atoms with Crippen LogP contribution in [0.1, 0.15) is 17.4 Å². The molecule has 2 aromatic carbocycles. The van der Waals surface area contributed by atoms with Crippen molar-refractivity contribution >= 4 is 38.2 Å². The zero-order chi connectivity index (χ0) is 19.0. The van der Waals surface area contributed by atoms with Gasteiger partial charge >= 0.3 is 0 Å². The lowest BCUT2D eigenvalue weighted by molar-refractivity contribution is 0.0947. The Kier molecular flexibility index (Phi) is 4.33. The van der Waals surface area contributed by atoms with Gasteiger partial charge in [-0.1, -0.05) is 41.7 Å². The maximum absolute atomic E-state index is 12.8. The summed E-state index contributed by atoms with van der Waals surface area (Å²) < 4.78 is 4.28. The Labute approximate surface area is 158 Å². The van der Waals surface area contributed by atoms with E-state index < -0.39 is 5.91 Å². The van der Waals surface area contributed by atoms with E-state index in [4.69, 9.17) is 0 Å². The van der Waals surface area contributed by atoms with Crippen LogP contribution in [0.15, 0.2) is 58.4 Å². The second kappa shape index (κ2) is 6.81. The van der Waals surface area contributed by atoms with Gasteiger partial charge in [-0.05, 0) is 25.1 Å². The van der Waals surface area contributed by atoms with Crippen LogP contribution in [0, 0.1) is 0 Å². The first-order chi connectivity index (χ1) is 13.1. The normalized spacial score (nSPS) is 12.0. The quantitative estimate of drug-likeness (QED) is 0.554. The number of aryl methyl sites for hydroxylation is 2. The Balaban J connectivity index is 1.78. The molecule has 0 aliphatic heterocycles. The smallest absolute Gasteiger partial charge is 0.292 e.